The van der Waals surface area contributed by atoms with Crippen LogP contribution >= 0.6 is 0 Å². The van der Waals surface area contributed by atoms with Gasteiger partial charge in [-0.1, -0.05) is 18.2 Å². The fraction of sp³-hybridized carbons (Fsp3) is 0.480. The number of sulfone groups is 1. The van der Waals surface area contributed by atoms with Crippen LogP contribution in [0.1, 0.15) is 49.8 Å². The lowest BCUT2D eigenvalue weighted by Crippen LogP contribution is -2.46. The van der Waals surface area contributed by atoms with Gasteiger partial charge in [0.25, 0.3) is 0 Å². The highest BCUT2D eigenvalue weighted by Gasteiger charge is 2.62. The molecule has 1 fully saturated rings. The van der Waals surface area contributed by atoms with Crippen LogP contribution in [0.2, 0.25) is 0 Å². The number of carbonyl (C=O) groups excluding carboxylic acids is 1. The van der Waals surface area contributed by atoms with Crippen molar-refractivity contribution in [2.45, 2.75) is 61.0 Å². The molecule has 4 nitrogen and oxygen atoms in total. The van der Waals surface area contributed by atoms with Gasteiger partial charge in [-0.3, -0.25) is 4.79 Å². The lowest BCUT2D eigenvalue weighted by molar-refractivity contribution is -0.228. The van der Waals surface area contributed by atoms with Crippen LogP contribution in [-0.2, 0) is 36.2 Å². The number of fused-ring (bicyclic) bond motifs is 3. The van der Waals surface area contributed by atoms with Gasteiger partial charge < -0.3 is 4.74 Å². The van der Waals surface area contributed by atoms with Crippen molar-refractivity contribution in [1.82, 2.24) is 0 Å². The van der Waals surface area contributed by atoms with Gasteiger partial charge in [0.2, 0.25) is 5.67 Å². The second-order valence-electron chi connectivity index (χ2n) is 9.26. The van der Waals surface area contributed by atoms with E-state index in [0.717, 1.165) is 36.4 Å². The molecule has 2 aliphatic carbocycles. The first kappa shape index (κ1) is 25.6. The van der Waals surface area contributed by atoms with Gasteiger partial charge in [0, 0.05) is 0 Å². The predicted molar refractivity (Wildman–Crippen MR) is 117 cm³/mol. The molecule has 35 heavy (non-hydrogen) atoms. The maximum atomic E-state index is 14.7. The summed E-state index contributed by atoms with van der Waals surface area (Å²) in [6.07, 6.45) is -4.56. The Balaban J connectivity index is 1.92. The molecule has 2 aromatic carbocycles. The molecule has 1 saturated carbocycles. The van der Waals surface area contributed by atoms with Crippen LogP contribution in [0.5, 0.6) is 0 Å². The summed E-state index contributed by atoms with van der Waals surface area (Å²) in [6.45, 7) is 2.19. The molecule has 0 N–H and O–H groups in total. The predicted octanol–water partition coefficient (Wildman–Crippen LogP) is 5.78. The molecule has 0 spiro atoms. The van der Waals surface area contributed by atoms with E-state index in [1.807, 2.05) is 0 Å². The third-order valence-electron chi connectivity index (χ3n) is 7.46. The summed E-state index contributed by atoms with van der Waals surface area (Å²) in [6, 6.07) is 7.60. The van der Waals surface area contributed by atoms with E-state index in [-0.39, 0.29) is 42.7 Å². The molecule has 0 heterocycles. The van der Waals surface area contributed by atoms with Gasteiger partial charge in [0.15, 0.2) is 9.84 Å². The van der Waals surface area contributed by atoms with Crippen molar-refractivity contribution in [3.05, 3.63) is 65.0 Å². The quantitative estimate of drug-likeness (QED) is 0.287. The summed E-state index contributed by atoms with van der Waals surface area (Å²) in [5.41, 5.74) is -3.68. The van der Waals surface area contributed by atoms with Crippen molar-refractivity contribution >= 4 is 15.8 Å². The lowest BCUT2D eigenvalue weighted by Gasteiger charge is -2.42. The number of hydrogen-bond donors (Lipinski definition) is 0. The Labute approximate surface area is 200 Å². The van der Waals surface area contributed by atoms with Gasteiger partial charge in [-0.2, -0.15) is 13.2 Å². The molecule has 0 radical (unpaired) electrons. The number of carbonyl (C=O) groups is 1. The Hall–Kier alpha value is -2.49. The molecule has 190 valence electrons. The van der Waals surface area contributed by atoms with Crippen molar-refractivity contribution in [3.63, 3.8) is 0 Å². The normalized spacial score (nSPS) is 25.9. The van der Waals surface area contributed by atoms with E-state index in [1.54, 1.807) is 6.92 Å². The van der Waals surface area contributed by atoms with Crippen LogP contribution in [0, 0.1) is 17.7 Å². The second kappa shape index (κ2) is 8.57. The molecule has 0 amide bonds. The summed E-state index contributed by atoms with van der Waals surface area (Å²) in [7, 11) is -4.24. The summed E-state index contributed by atoms with van der Waals surface area (Å²) in [4.78, 5) is 12.6. The van der Waals surface area contributed by atoms with Crippen LogP contribution in [-0.4, -0.2) is 27.2 Å². The molecule has 0 aliphatic heterocycles. The first-order valence-corrected chi connectivity index (χ1v) is 12.8. The smallest absolute Gasteiger partial charge is 0.426 e. The molecule has 1 unspecified atom stereocenters. The van der Waals surface area contributed by atoms with Gasteiger partial charge in [-0.05, 0) is 86.4 Å². The second-order valence-corrected chi connectivity index (χ2v) is 11.5. The van der Waals surface area contributed by atoms with E-state index in [9.17, 15) is 35.2 Å². The van der Waals surface area contributed by atoms with E-state index in [0.29, 0.717) is 12.5 Å². The highest BCUT2D eigenvalue weighted by Crippen LogP contribution is 2.59. The number of hydrogen-bond acceptors (Lipinski definition) is 4. The van der Waals surface area contributed by atoms with Gasteiger partial charge in [0.1, 0.15) is 10.6 Å². The minimum Gasteiger partial charge on any atom is -0.466 e. The van der Waals surface area contributed by atoms with Crippen LogP contribution < -0.4 is 0 Å². The lowest BCUT2D eigenvalue weighted by atomic mass is 9.72. The van der Waals surface area contributed by atoms with Gasteiger partial charge in [-0.25, -0.2) is 17.2 Å². The van der Waals surface area contributed by atoms with Gasteiger partial charge in [0.05, 0.1) is 17.4 Å². The van der Waals surface area contributed by atoms with Gasteiger partial charge in [-0.15, -0.1) is 0 Å². The van der Waals surface area contributed by atoms with Crippen molar-refractivity contribution in [1.29, 1.82) is 0 Å². The Kier molecular flexibility index (Phi) is 6.27. The number of aryl methyl sites for hydroxylation is 1. The average Bonchev–Trinajstić information content (AvgIpc) is 3.20. The van der Waals surface area contributed by atoms with E-state index in [2.05, 4.69) is 0 Å². The molecule has 4 atom stereocenters. The Morgan fingerprint density at radius 2 is 1.74 bits per heavy atom. The molecule has 0 aromatic heterocycles. The maximum absolute atomic E-state index is 14.7. The fourth-order valence-electron chi connectivity index (χ4n) is 5.66. The summed E-state index contributed by atoms with van der Waals surface area (Å²) in [5.74, 6) is -2.58. The van der Waals surface area contributed by atoms with E-state index >= 15 is 0 Å². The van der Waals surface area contributed by atoms with Crippen molar-refractivity contribution in [2.75, 3.05) is 6.61 Å². The summed E-state index contributed by atoms with van der Waals surface area (Å²) < 4.78 is 100. The number of ether oxygens (including phenoxy) is 1. The number of alkyl halides is 4. The first-order valence-electron chi connectivity index (χ1n) is 11.3. The number of rotatable bonds is 5. The highest BCUT2D eigenvalue weighted by atomic mass is 32.2. The molecule has 2 aliphatic rings. The minimum absolute atomic E-state index is 0.0272. The number of benzene rings is 2. The van der Waals surface area contributed by atoms with Crippen LogP contribution in [0.4, 0.5) is 22.0 Å². The van der Waals surface area contributed by atoms with E-state index in [1.165, 1.54) is 6.07 Å². The third kappa shape index (κ3) is 3.84. The molecule has 10 heteroatoms. The minimum atomic E-state index is -5.15. The standard InChI is InChI=1S/C25H25F5O4S/c1-3-34-22(31)19-12-13-24(35(32,33)18-8-6-17(26)7-9-18)20-11-5-16(23(2,27)25(28,29)30)14-15(20)4-10-21(19)24/h5-9,11,14,19,21H,3-4,10,12-13H2,1-2H3/t19-,21+,23?,24-/m0/s1. The van der Waals surface area contributed by atoms with Gasteiger partial charge >= 0.3 is 12.1 Å². The summed E-state index contributed by atoms with van der Waals surface area (Å²) >= 11 is 0. The van der Waals surface area contributed by atoms with Crippen LogP contribution in [0.3, 0.4) is 0 Å². The van der Waals surface area contributed by atoms with Crippen LogP contribution in [0.15, 0.2) is 47.4 Å². The van der Waals surface area contributed by atoms with Crippen molar-refractivity contribution in [3.8, 4) is 0 Å². The molecular weight excluding hydrogens is 491 g/mol. The maximum Gasteiger partial charge on any atom is 0.426 e. The third-order valence-corrected chi connectivity index (χ3v) is 10.0. The topological polar surface area (TPSA) is 60.4 Å². The Morgan fingerprint density at radius 1 is 1.09 bits per heavy atom. The zero-order chi connectivity index (χ0) is 25.8. The van der Waals surface area contributed by atoms with E-state index < -0.39 is 55.6 Å². The van der Waals surface area contributed by atoms with Crippen molar-refractivity contribution < 1.29 is 39.9 Å². The number of esters is 1. The zero-order valence-electron chi connectivity index (χ0n) is 19.2. The van der Waals surface area contributed by atoms with Crippen LogP contribution in [0.25, 0.3) is 0 Å². The Bertz CT molecular complexity index is 1240. The monoisotopic (exact) mass is 516 g/mol. The first-order chi connectivity index (χ1) is 16.3. The molecule has 4 rings (SSSR count). The molecule has 0 bridgehead atoms. The zero-order valence-corrected chi connectivity index (χ0v) is 20.0. The summed E-state index contributed by atoms with van der Waals surface area (Å²) in [5, 5.41) is 0. The number of halogens is 5. The largest absolute Gasteiger partial charge is 0.466 e. The SMILES string of the molecule is CCOC(=O)[C@H]1CC[C@]2(S(=O)(=O)c3ccc(F)cc3)c3ccc(C(C)(F)C(F)(F)F)cc3CC[C@H]12. The Morgan fingerprint density at radius 3 is 2.34 bits per heavy atom. The van der Waals surface area contributed by atoms with Crippen molar-refractivity contribution in [2.24, 2.45) is 11.8 Å². The average molecular weight is 517 g/mol. The molecule has 0 saturated heterocycles. The van der Waals surface area contributed by atoms with E-state index in [4.69, 9.17) is 4.74 Å². The highest BCUT2D eigenvalue weighted by molar-refractivity contribution is 7.92. The fourth-order valence-corrected chi connectivity index (χ4v) is 8.14. The molecular formula is C25H25F5O4S. The molecule has 2 aromatic rings.